The van der Waals surface area contributed by atoms with E-state index in [4.69, 9.17) is 27.9 Å². The maximum Gasteiger partial charge on any atom is 0.123 e. The molecule has 6 heteroatoms. The molecular weight excluding hydrogens is 303 g/mol. The molecule has 3 nitrogen and oxygen atoms in total. The molecule has 0 amide bonds. The number of hydrogen-bond acceptors (Lipinski definition) is 4. The summed E-state index contributed by atoms with van der Waals surface area (Å²) >= 11 is 16.2. The second-order valence-corrected chi connectivity index (χ2v) is 4.79. The van der Waals surface area contributed by atoms with Gasteiger partial charge in [0.15, 0.2) is 0 Å². The minimum Gasteiger partial charge on any atom is -0.496 e. The smallest absolute Gasteiger partial charge is 0.123 e. The van der Waals surface area contributed by atoms with Crippen molar-refractivity contribution in [2.24, 2.45) is 4.99 Å². The van der Waals surface area contributed by atoms with Crippen molar-refractivity contribution in [1.82, 2.24) is 4.90 Å². The molecule has 1 aromatic carbocycles. The summed E-state index contributed by atoms with van der Waals surface area (Å²) in [4.78, 5) is 6.15. The van der Waals surface area contributed by atoms with Crippen molar-refractivity contribution in [1.29, 1.82) is 0 Å². The molecule has 0 unspecified atom stereocenters. The van der Waals surface area contributed by atoms with Gasteiger partial charge in [0.2, 0.25) is 0 Å². The zero-order chi connectivity index (χ0) is 14.1. The summed E-state index contributed by atoms with van der Waals surface area (Å²) in [5, 5.41) is 2.36. The maximum absolute atomic E-state index is 5.79. The van der Waals surface area contributed by atoms with Crippen LogP contribution in [0.4, 0.5) is 5.69 Å². The molecule has 0 aliphatic carbocycles. The van der Waals surface area contributed by atoms with Gasteiger partial charge in [0, 0.05) is 37.0 Å². The van der Waals surface area contributed by atoms with Gasteiger partial charge in [-0.15, -0.1) is 23.2 Å². The lowest BCUT2D eigenvalue weighted by atomic mass is 10.1. The topological polar surface area (TPSA) is 24.8 Å². The third-order valence-corrected chi connectivity index (χ3v) is 3.06. The molecule has 0 bridgehead atoms. The third kappa shape index (κ3) is 5.47. The van der Waals surface area contributed by atoms with Crippen LogP contribution in [0.1, 0.15) is 5.56 Å². The summed E-state index contributed by atoms with van der Waals surface area (Å²) in [6.45, 7) is 2.26. The number of alkyl halides is 2. The number of hydrogen-bond donors (Lipinski definition) is 0. The fourth-order valence-corrected chi connectivity index (χ4v) is 2.34. The van der Waals surface area contributed by atoms with Gasteiger partial charge in [-0.05, 0) is 30.4 Å². The standard InChI is InChI=1S/C13H16Cl2N2OS/c1-18-13-3-2-12(16-10-19)8-11(13)9-17(6-4-14)7-5-15/h2-3,8H,4-7,9H2,1H3. The van der Waals surface area contributed by atoms with Crippen molar-refractivity contribution in [3.63, 3.8) is 0 Å². The first-order valence-corrected chi connectivity index (χ1v) is 7.32. The second kappa shape index (κ2) is 9.29. The van der Waals surface area contributed by atoms with Crippen LogP contribution in [0.2, 0.25) is 0 Å². The van der Waals surface area contributed by atoms with Gasteiger partial charge in [-0.2, -0.15) is 4.99 Å². The molecular formula is C13H16Cl2N2OS. The van der Waals surface area contributed by atoms with E-state index in [9.17, 15) is 0 Å². The van der Waals surface area contributed by atoms with Gasteiger partial charge < -0.3 is 4.74 Å². The molecule has 0 heterocycles. The van der Waals surface area contributed by atoms with E-state index in [1.54, 1.807) is 7.11 Å². The number of thiocarbonyl (C=S) groups is 1. The summed E-state index contributed by atoms with van der Waals surface area (Å²) < 4.78 is 5.35. The predicted octanol–water partition coefficient (Wildman–Crippen LogP) is 3.71. The molecule has 0 aliphatic heterocycles. The van der Waals surface area contributed by atoms with Gasteiger partial charge in [-0.1, -0.05) is 0 Å². The van der Waals surface area contributed by atoms with Crippen LogP contribution in [0.25, 0.3) is 0 Å². The number of isothiocyanates is 1. The third-order valence-electron chi connectivity index (χ3n) is 2.63. The molecule has 0 atom stereocenters. The molecule has 0 saturated heterocycles. The molecule has 0 radical (unpaired) electrons. The Kier molecular flexibility index (Phi) is 8.03. The Morgan fingerprint density at radius 1 is 1.32 bits per heavy atom. The molecule has 0 spiro atoms. The van der Waals surface area contributed by atoms with Crippen LogP contribution in [-0.4, -0.2) is 42.0 Å². The van der Waals surface area contributed by atoms with E-state index in [1.165, 1.54) is 0 Å². The summed E-state index contributed by atoms with van der Waals surface area (Å²) in [7, 11) is 1.65. The highest BCUT2D eigenvalue weighted by Crippen LogP contribution is 2.25. The Morgan fingerprint density at radius 3 is 2.53 bits per heavy atom. The molecule has 1 rings (SSSR count). The van der Waals surface area contributed by atoms with Crippen LogP contribution >= 0.6 is 35.4 Å². The van der Waals surface area contributed by atoms with E-state index in [0.717, 1.165) is 30.1 Å². The van der Waals surface area contributed by atoms with Crippen molar-refractivity contribution in [2.45, 2.75) is 6.54 Å². The molecule has 0 N–H and O–H groups in total. The summed E-state index contributed by atoms with van der Waals surface area (Å²) in [5.74, 6) is 1.95. The van der Waals surface area contributed by atoms with E-state index in [-0.39, 0.29) is 0 Å². The first-order chi connectivity index (χ1) is 9.24. The predicted molar refractivity (Wildman–Crippen MR) is 84.4 cm³/mol. The maximum atomic E-state index is 5.79. The lowest BCUT2D eigenvalue weighted by Crippen LogP contribution is -2.27. The average Bonchev–Trinajstić information content (AvgIpc) is 2.40. The minimum absolute atomic E-state index is 0.566. The normalized spacial score (nSPS) is 10.3. The van der Waals surface area contributed by atoms with Gasteiger partial charge in [0.25, 0.3) is 0 Å². The number of nitrogens with zero attached hydrogens (tertiary/aromatic N) is 2. The fourth-order valence-electron chi connectivity index (χ4n) is 1.76. The number of ether oxygens (including phenoxy) is 1. The summed E-state index contributed by atoms with van der Waals surface area (Å²) in [5.41, 5.74) is 1.80. The fraction of sp³-hybridized carbons (Fsp3) is 0.462. The lowest BCUT2D eigenvalue weighted by Gasteiger charge is -2.21. The minimum atomic E-state index is 0.566. The zero-order valence-corrected chi connectivity index (χ0v) is 13.1. The second-order valence-electron chi connectivity index (χ2n) is 3.85. The Balaban J connectivity index is 2.94. The van der Waals surface area contributed by atoms with E-state index in [2.05, 4.69) is 27.3 Å². The Bertz CT molecular complexity index is 444. The molecule has 104 valence electrons. The highest BCUT2D eigenvalue weighted by atomic mass is 35.5. The molecule has 0 saturated carbocycles. The van der Waals surface area contributed by atoms with Gasteiger partial charge in [-0.25, -0.2) is 0 Å². The Hall–Kier alpha value is -0.640. The van der Waals surface area contributed by atoms with Crippen LogP contribution in [0.3, 0.4) is 0 Å². The largest absolute Gasteiger partial charge is 0.496 e. The number of aliphatic imine (C=N–C) groups is 1. The van der Waals surface area contributed by atoms with Crippen LogP contribution in [0.15, 0.2) is 23.2 Å². The van der Waals surface area contributed by atoms with Crippen molar-refractivity contribution in [3.05, 3.63) is 23.8 Å². The SMILES string of the molecule is COc1ccc(N=C=S)cc1CN(CCCl)CCCl. The van der Waals surface area contributed by atoms with Gasteiger partial charge >= 0.3 is 0 Å². The van der Waals surface area contributed by atoms with Crippen molar-refractivity contribution in [3.8, 4) is 5.75 Å². The lowest BCUT2D eigenvalue weighted by molar-refractivity contribution is 0.292. The van der Waals surface area contributed by atoms with Crippen LogP contribution in [0, 0.1) is 0 Å². The Morgan fingerprint density at radius 2 is 2.00 bits per heavy atom. The first kappa shape index (κ1) is 16.4. The summed E-state index contributed by atoms with van der Waals surface area (Å²) in [6.07, 6.45) is 0. The quantitative estimate of drug-likeness (QED) is 0.415. The Labute approximate surface area is 129 Å². The summed E-state index contributed by atoms with van der Waals surface area (Å²) in [6, 6.07) is 5.66. The van der Waals surface area contributed by atoms with E-state index >= 15 is 0 Å². The monoisotopic (exact) mass is 318 g/mol. The molecule has 0 aromatic heterocycles. The van der Waals surface area contributed by atoms with Gasteiger partial charge in [0.05, 0.1) is 18.0 Å². The number of halogens is 2. The van der Waals surface area contributed by atoms with Crippen LogP contribution in [0.5, 0.6) is 5.75 Å². The molecule has 1 aromatic rings. The van der Waals surface area contributed by atoms with E-state index < -0.39 is 0 Å². The van der Waals surface area contributed by atoms with Crippen molar-refractivity contribution >= 4 is 46.3 Å². The van der Waals surface area contributed by atoms with Crippen LogP contribution in [-0.2, 0) is 6.54 Å². The zero-order valence-electron chi connectivity index (χ0n) is 10.7. The highest BCUT2D eigenvalue weighted by Gasteiger charge is 2.10. The van der Waals surface area contributed by atoms with Crippen LogP contribution < -0.4 is 4.74 Å². The van der Waals surface area contributed by atoms with Crippen molar-refractivity contribution < 1.29 is 4.74 Å². The molecule has 0 fully saturated rings. The number of methoxy groups -OCH3 is 1. The number of rotatable bonds is 8. The number of benzene rings is 1. The molecule has 0 aliphatic rings. The van der Waals surface area contributed by atoms with Gasteiger partial charge in [-0.3, -0.25) is 4.90 Å². The average molecular weight is 319 g/mol. The van der Waals surface area contributed by atoms with E-state index in [0.29, 0.717) is 18.3 Å². The van der Waals surface area contributed by atoms with E-state index in [1.807, 2.05) is 18.2 Å². The first-order valence-electron chi connectivity index (χ1n) is 5.84. The highest BCUT2D eigenvalue weighted by molar-refractivity contribution is 7.78. The van der Waals surface area contributed by atoms with Gasteiger partial charge in [0.1, 0.15) is 5.75 Å². The van der Waals surface area contributed by atoms with Crippen molar-refractivity contribution in [2.75, 3.05) is 32.0 Å². The molecule has 19 heavy (non-hydrogen) atoms.